The standard InChI is InChI=1S/C14H21N3O4.ClH/c1-3-14(4-2,10-15)16-13(18)9-21-12-7-5-6-11(8-12)17(19)20;/h5-8H,3-4,9-10,15H2,1-2H3,(H,16,18);1H. The van der Waals surface area contributed by atoms with Gasteiger partial charge in [0.05, 0.1) is 16.5 Å². The highest BCUT2D eigenvalue weighted by atomic mass is 35.5. The topological polar surface area (TPSA) is 107 Å². The number of carbonyl (C=O) groups excluding carboxylic acids is 1. The van der Waals surface area contributed by atoms with Gasteiger partial charge < -0.3 is 15.8 Å². The molecule has 1 aromatic carbocycles. The molecule has 3 N–H and O–H groups in total. The van der Waals surface area contributed by atoms with Crippen molar-refractivity contribution in [3.8, 4) is 5.75 Å². The molecule has 0 aliphatic rings. The number of benzene rings is 1. The van der Waals surface area contributed by atoms with Crippen molar-refractivity contribution in [2.45, 2.75) is 32.2 Å². The lowest BCUT2D eigenvalue weighted by Gasteiger charge is -2.31. The van der Waals surface area contributed by atoms with Gasteiger partial charge in [-0.2, -0.15) is 0 Å². The molecule has 0 unspecified atom stereocenters. The minimum atomic E-state index is -0.513. The van der Waals surface area contributed by atoms with Crippen LogP contribution in [-0.2, 0) is 4.79 Å². The average Bonchev–Trinajstić information content (AvgIpc) is 2.51. The number of non-ortho nitro benzene ring substituents is 1. The Balaban J connectivity index is 0.00000441. The summed E-state index contributed by atoms with van der Waals surface area (Å²) in [7, 11) is 0. The molecule has 0 heterocycles. The van der Waals surface area contributed by atoms with E-state index in [9.17, 15) is 14.9 Å². The number of nitrogens with two attached hydrogens (primary N) is 1. The molecule has 124 valence electrons. The summed E-state index contributed by atoms with van der Waals surface area (Å²) >= 11 is 0. The van der Waals surface area contributed by atoms with Crippen molar-refractivity contribution in [3.63, 3.8) is 0 Å². The summed E-state index contributed by atoms with van der Waals surface area (Å²) in [6, 6.07) is 5.72. The lowest BCUT2D eigenvalue weighted by molar-refractivity contribution is -0.384. The predicted molar refractivity (Wildman–Crippen MR) is 86.3 cm³/mol. The van der Waals surface area contributed by atoms with E-state index in [0.717, 1.165) is 12.8 Å². The minimum absolute atomic E-state index is 0. The number of nitrogens with one attached hydrogen (secondary N) is 1. The maximum absolute atomic E-state index is 11.9. The molecule has 1 aromatic rings. The summed E-state index contributed by atoms with van der Waals surface area (Å²) in [5.74, 6) is -0.0126. The van der Waals surface area contributed by atoms with E-state index < -0.39 is 10.5 Å². The molecular weight excluding hydrogens is 310 g/mol. The second kappa shape index (κ2) is 9.22. The zero-order valence-electron chi connectivity index (χ0n) is 12.7. The third-order valence-electron chi connectivity index (χ3n) is 3.55. The number of hydrogen-bond donors (Lipinski definition) is 2. The van der Waals surface area contributed by atoms with Gasteiger partial charge in [-0.3, -0.25) is 14.9 Å². The molecule has 22 heavy (non-hydrogen) atoms. The van der Waals surface area contributed by atoms with Gasteiger partial charge in [-0.1, -0.05) is 19.9 Å². The van der Waals surface area contributed by atoms with Crippen molar-refractivity contribution in [3.05, 3.63) is 34.4 Å². The molecule has 0 saturated carbocycles. The third-order valence-corrected chi connectivity index (χ3v) is 3.55. The molecule has 0 aliphatic carbocycles. The van der Waals surface area contributed by atoms with Crippen molar-refractivity contribution in [2.24, 2.45) is 5.73 Å². The number of hydrogen-bond acceptors (Lipinski definition) is 5. The molecule has 0 aliphatic heterocycles. The van der Waals surface area contributed by atoms with Crippen LogP contribution in [0, 0.1) is 10.1 Å². The van der Waals surface area contributed by atoms with E-state index in [4.69, 9.17) is 10.5 Å². The zero-order chi connectivity index (χ0) is 15.9. The molecule has 0 spiro atoms. The first-order valence-corrected chi connectivity index (χ1v) is 6.84. The van der Waals surface area contributed by atoms with Crippen LogP contribution in [0.5, 0.6) is 5.75 Å². The molecule has 1 amide bonds. The molecule has 7 nitrogen and oxygen atoms in total. The fraction of sp³-hybridized carbons (Fsp3) is 0.500. The Morgan fingerprint density at radius 1 is 1.41 bits per heavy atom. The first-order chi connectivity index (χ1) is 9.96. The third kappa shape index (κ3) is 5.50. The Labute approximate surface area is 135 Å². The smallest absolute Gasteiger partial charge is 0.273 e. The molecule has 0 bridgehead atoms. The molecule has 0 radical (unpaired) electrons. The van der Waals surface area contributed by atoms with Gasteiger partial charge in [-0.25, -0.2) is 0 Å². The van der Waals surface area contributed by atoms with Crippen LogP contribution in [0.3, 0.4) is 0 Å². The Morgan fingerprint density at radius 3 is 2.55 bits per heavy atom. The molecule has 8 heteroatoms. The summed E-state index contributed by atoms with van der Waals surface area (Å²) < 4.78 is 5.28. The van der Waals surface area contributed by atoms with Crippen LogP contribution in [0.15, 0.2) is 24.3 Å². The van der Waals surface area contributed by atoms with Gasteiger partial charge in [0, 0.05) is 12.6 Å². The monoisotopic (exact) mass is 331 g/mol. The summed E-state index contributed by atoms with van der Waals surface area (Å²) in [4.78, 5) is 22.0. The van der Waals surface area contributed by atoms with Crippen molar-refractivity contribution >= 4 is 24.0 Å². The highest BCUT2D eigenvalue weighted by Crippen LogP contribution is 2.19. The van der Waals surface area contributed by atoms with Crippen LogP contribution in [0.25, 0.3) is 0 Å². The number of rotatable bonds is 8. The van der Waals surface area contributed by atoms with Gasteiger partial charge in [-0.05, 0) is 18.9 Å². The van der Waals surface area contributed by atoms with Gasteiger partial charge in [0.15, 0.2) is 6.61 Å². The fourth-order valence-electron chi connectivity index (χ4n) is 1.93. The van der Waals surface area contributed by atoms with Crippen LogP contribution in [0.4, 0.5) is 5.69 Å². The van der Waals surface area contributed by atoms with Gasteiger partial charge >= 0.3 is 0 Å². The number of nitrogens with zero attached hydrogens (tertiary/aromatic N) is 1. The molecule has 0 atom stereocenters. The normalized spacial score (nSPS) is 10.5. The minimum Gasteiger partial charge on any atom is -0.484 e. The molecule has 0 aromatic heterocycles. The fourth-order valence-corrected chi connectivity index (χ4v) is 1.93. The Kier molecular flexibility index (Phi) is 8.44. The summed E-state index contributed by atoms with van der Waals surface area (Å²) in [5.41, 5.74) is 5.20. The van der Waals surface area contributed by atoms with E-state index >= 15 is 0 Å². The number of ether oxygens (including phenoxy) is 1. The van der Waals surface area contributed by atoms with Crippen LogP contribution < -0.4 is 15.8 Å². The second-order valence-corrected chi connectivity index (χ2v) is 4.78. The largest absolute Gasteiger partial charge is 0.484 e. The number of amides is 1. The molecule has 0 saturated heterocycles. The summed E-state index contributed by atoms with van der Waals surface area (Å²) in [6.45, 7) is 4.06. The number of carbonyl (C=O) groups is 1. The number of nitro benzene ring substituents is 1. The number of halogens is 1. The van der Waals surface area contributed by atoms with E-state index in [1.54, 1.807) is 6.07 Å². The van der Waals surface area contributed by atoms with Crippen LogP contribution >= 0.6 is 12.4 Å². The first-order valence-electron chi connectivity index (χ1n) is 6.84. The first kappa shape index (κ1) is 20.1. The summed E-state index contributed by atoms with van der Waals surface area (Å²) in [6.07, 6.45) is 1.45. The van der Waals surface area contributed by atoms with Crippen LogP contribution in [-0.4, -0.2) is 29.5 Å². The van der Waals surface area contributed by atoms with E-state index in [0.29, 0.717) is 6.54 Å². The second-order valence-electron chi connectivity index (χ2n) is 4.78. The van der Waals surface area contributed by atoms with Crippen LogP contribution in [0.1, 0.15) is 26.7 Å². The maximum atomic E-state index is 11.9. The predicted octanol–water partition coefficient (Wildman–Crippen LogP) is 2.03. The highest BCUT2D eigenvalue weighted by Gasteiger charge is 2.26. The van der Waals surface area contributed by atoms with Crippen molar-refractivity contribution in [2.75, 3.05) is 13.2 Å². The number of nitro groups is 1. The van der Waals surface area contributed by atoms with Crippen LogP contribution in [0.2, 0.25) is 0 Å². The van der Waals surface area contributed by atoms with E-state index in [1.165, 1.54) is 18.2 Å². The van der Waals surface area contributed by atoms with Crippen molar-refractivity contribution < 1.29 is 14.5 Å². The SMILES string of the molecule is CCC(CC)(CN)NC(=O)COc1cccc([N+](=O)[O-])c1.Cl. The van der Waals surface area contributed by atoms with Gasteiger partial charge in [-0.15, -0.1) is 12.4 Å². The van der Waals surface area contributed by atoms with Gasteiger partial charge in [0.1, 0.15) is 5.75 Å². The zero-order valence-corrected chi connectivity index (χ0v) is 13.5. The Bertz CT molecular complexity index is 498. The van der Waals surface area contributed by atoms with E-state index in [1.807, 2.05) is 13.8 Å². The lowest BCUT2D eigenvalue weighted by Crippen LogP contribution is -2.54. The highest BCUT2D eigenvalue weighted by molar-refractivity contribution is 5.85. The average molecular weight is 332 g/mol. The molecule has 1 rings (SSSR count). The molecular formula is C14H22ClN3O4. The van der Waals surface area contributed by atoms with Crippen molar-refractivity contribution in [1.82, 2.24) is 5.32 Å². The Morgan fingerprint density at radius 2 is 2.05 bits per heavy atom. The maximum Gasteiger partial charge on any atom is 0.273 e. The van der Waals surface area contributed by atoms with E-state index in [2.05, 4.69) is 5.32 Å². The lowest BCUT2D eigenvalue weighted by atomic mass is 9.93. The van der Waals surface area contributed by atoms with E-state index in [-0.39, 0.29) is 36.4 Å². The summed E-state index contributed by atoms with van der Waals surface area (Å²) in [5, 5.41) is 13.5. The molecule has 0 fully saturated rings. The Hall–Kier alpha value is -1.86. The van der Waals surface area contributed by atoms with Crippen molar-refractivity contribution in [1.29, 1.82) is 0 Å². The van der Waals surface area contributed by atoms with Gasteiger partial charge in [0.2, 0.25) is 0 Å². The quantitative estimate of drug-likeness (QED) is 0.559. The van der Waals surface area contributed by atoms with Gasteiger partial charge in [0.25, 0.3) is 11.6 Å².